The Kier molecular flexibility index (Phi) is 4.56. The van der Waals surface area contributed by atoms with Crippen LogP contribution in [0.3, 0.4) is 0 Å². The van der Waals surface area contributed by atoms with Crippen LogP contribution in [0.1, 0.15) is 17.3 Å². The summed E-state index contributed by atoms with van der Waals surface area (Å²) in [4.78, 5) is 28.6. The van der Waals surface area contributed by atoms with E-state index in [0.29, 0.717) is 23.2 Å². The molecule has 0 unspecified atom stereocenters. The van der Waals surface area contributed by atoms with Crippen molar-refractivity contribution in [1.82, 2.24) is 9.55 Å². The maximum absolute atomic E-state index is 12.3. The summed E-state index contributed by atoms with van der Waals surface area (Å²) in [7, 11) is 0. The molecule has 2 aromatic heterocycles. The Labute approximate surface area is 139 Å². The fourth-order valence-corrected chi connectivity index (χ4v) is 2.49. The van der Waals surface area contributed by atoms with E-state index in [9.17, 15) is 9.59 Å². The Hall–Kier alpha value is -3.15. The van der Waals surface area contributed by atoms with E-state index >= 15 is 0 Å². The van der Waals surface area contributed by atoms with E-state index in [0.717, 1.165) is 5.69 Å². The molecule has 0 saturated heterocycles. The predicted molar refractivity (Wildman–Crippen MR) is 90.8 cm³/mol. The fourth-order valence-electron chi connectivity index (χ4n) is 2.49. The zero-order chi connectivity index (χ0) is 16.9. The Balaban J connectivity index is 1.86. The van der Waals surface area contributed by atoms with Crippen molar-refractivity contribution in [2.75, 3.05) is 11.9 Å². The number of fused-ring (bicyclic) bond motifs is 1. The van der Waals surface area contributed by atoms with Crippen LogP contribution in [0, 0.1) is 0 Å². The molecule has 0 atom stereocenters. The van der Waals surface area contributed by atoms with E-state index in [1.165, 1.54) is 0 Å². The van der Waals surface area contributed by atoms with Crippen LogP contribution in [0.4, 0.5) is 5.69 Å². The smallest absolute Gasteiger partial charge is 0.340 e. The largest absolute Gasteiger partial charge is 0.462 e. The quantitative estimate of drug-likeness (QED) is 0.733. The summed E-state index contributed by atoms with van der Waals surface area (Å²) in [5, 5.41) is 3.48. The SMILES string of the molecule is CCOC(=O)c1cn(CC(=O)Nc2ccccc2)c2ncccc12. The molecule has 1 aromatic carbocycles. The third kappa shape index (κ3) is 3.27. The number of hydrogen-bond acceptors (Lipinski definition) is 4. The van der Waals surface area contributed by atoms with Crippen LogP contribution in [0.2, 0.25) is 0 Å². The molecule has 0 fully saturated rings. The van der Waals surface area contributed by atoms with Gasteiger partial charge in [-0.3, -0.25) is 4.79 Å². The number of amides is 1. The number of rotatable bonds is 5. The summed E-state index contributed by atoms with van der Waals surface area (Å²) in [6.45, 7) is 2.10. The highest BCUT2D eigenvalue weighted by Crippen LogP contribution is 2.20. The second-order valence-corrected chi connectivity index (χ2v) is 5.18. The number of ether oxygens (including phenoxy) is 1. The maximum atomic E-state index is 12.3. The second-order valence-electron chi connectivity index (χ2n) is 5.18. The molecule has 1 N–H and O–H groups in total. The summed E-state index contributed by atoms with van der Waals surface area (Å²) in [5.41, 5.74) is 1.70. The van der Waals surface area contributed by atoms with Crippen LogP contribution in [0.25, 0.3) is 11.0 Å². The molecule has 0 saturated carbocycles. The van der Waals surface area contributed by atoms with E-state index in [-0.39, 0.29) is 12.5 Å². The van der Waals surface area contributed by atoms with Crippen molar-refractivity contribution < 1.29 is 14.3 Å². The van der Waals surface area contributed by atoms with Gasteiger partial charge in [-0.05, 0) is 31.2 Å². The molecule has 24 heavy (non-hydrogen) atoms. The Morgan fingerprint density at radius 2 is 1.96 bits per heavy atom. The van der Waals surface area contributed by atoms with Crippen LogP contribution in [0.5, 0.6) is 0 Å². The average Bonchev–Trinajstić information content (AvgIpc) is 2.95. The minimum absolute atomic E-state index is 0.0574. The van der Waals surface area contributed by atoms with Crippen molar-refractivity contribution in [3.05, 3.63) is 60.4 Å². The van der Waals surface area contributed by atoms with E-state index in [1.807, 2.05) is 30.3 Å². The van der Waals surface area contributed by atoms with Gasteiger partial charge in [0, 0.05) is 23.5 Å². The van der Waals surface area contributed by atoms with Crippen molar-refractivity contribution >= 4 is 28.6 Å². The van der Waals surface area contributed by atoms with Crippen LogP contribution in [-0.4, -0.2) is 28.0 Å². The number of carbonyl (C=O) groups excluding carboxylic acids is 2. The number of pyridine rings is 1. The molecular weight excluding hydrogens is 306 g/mol. The maximum Gasteiger partial charge on any atom is 0.340 e. The first-order chi connectivity index (χ1) is 11.7. The monoisotopic (exact) mass is 323 g/mol. The van der Waals surface area contributed by atoms with Crippen molar-refractivity contribution in [2.45, 2.75) is 13.5 Å². The van der Waals surface area contributed by atoms with Gasteiger partial charge < -0.3 is 14.6 Å². The lowest BCUT2D eigenvalue weighted by Crippen LogP contribution is -2.18. The number of carbonyl (C=O) groups is 2. The minimum Gasteiger partial charge on any atom is -0.462 e. The highest BCUT2D eigenvalue weighted by atomic mass is 16.5. The number of nitrogens with zero attached hydrogens (tertiary/aromatic N) is 2. The molecule has 3 rings (SSSR count). The number of benzene rings is 1. The van der Waals surface area contributed by atoms with Crippen LogP contribution in [-0.2, 0) is 16.1 Å². The molecule has 0 radical (unpaired) electrons. The normalized spacial score (nSPS) is 10.5. The molecule has 2 heterocycles. The summed E-state index contributed by atoms with van der Waals surface area (Å²) >= 11 is 0. The van der Waals surface area contributed by atoms with Gasteiger partial charge in [-0.1, -0.05) is 18.2 Å². The zero-order valence-corrected chi connectivity index (χ0v) is 13.2. The Bertz CT molecular complexity index is 872. The van der Waals surface area contributed by atoms with E-state index < -0.39 is 5.97 Å². The van der Waals surface area contributed by atoms with Gasteiger partial charge >= 0.3 is 5.97 Å². The minimum atomic E-state index is -0.419. The molecule has 0 aliphatic rings. The fraction of sp³-hybridized carbons (Fsp3) is 0.167. The van der Waals surface area contributed by atoms with E-state index in [4.69, 9.17) is 4.74 Å². The van der Waals surface area contributed by atoms with Crippen molar-refractivity contribution in [3.63, 3.8) is 0 Å². The first-order valence-corrected chi connectivity index (χ1v) is 7.65. The van der Waals surface area contributed by atoms with Crippen LogP contribution in [0.15, 0.2) is 54.9 Å². The summed E-state index contributed by atoms with van der Waals surface area (Å²) < 4.78 is 6.72. The van der Waals surface area contributed by atoms with Gasteiger partial charge in [-0.25, -0.2) is 9.78 Å². The van der Waals surface area contributed by atoms with Crippen molar-refractivity contribution in [2.24, 2.45) is 0 Å². The van der Waals surface area contributed by atoms with E-state index in [2.05, 4.69) is 10.3 Å². The number of anilines is 1. The van der Waals surface area contributed by atoms with Crippen LogP contribution < -0.4 is 5.32 Å². The molecule has 0 bridgehead atoms. The average molecular weight is 323 g/mol. The lowest BCUT2D eigenvalue weighted by Gasteiger charge is -2.06. The molecule has 6 nitrogen and oxygen atoms in total. The van der Waals surface area contributed by atoms with Crippen molar-refractivity contribution in [1.29, 1.82) is 0 Å². The van der Waals surface area contributed by atoms with Crippen LogP contribution >= 0.6 is 0 Å². The number of para-hydroxylation sites is 1. The summed E-state index contributed by atoms with van der Waals surface area (Å²) in [6, 6.07) is 12.7. The van der Waals surface area contributed by atoms with Gasteiger partial charge in [0.2, 0.25) is 5.91 Å². The Morgan fingerprint density at radius 3 is 2.71 bits per heavy atom. The molecular formula is C18H17N3O3. The third-order valence-corrected chi connectivity index (χ3v) is 3.50. The topological polar surface area (TPSA) is 73.2 Å². The zero-order valence-electron chi connectivity index (χ0n) is 13.2. The lowest BCUT2D eigenvalue weighted by atomic mass is 10.2. The molecule has 122 valence electrons. The lowest BCUT2D eigenvalue weighted by molar-refractivity contribution is -0.116. The Morgan fingerprint density at radius 1 is 1.17 bits per heavy atom. The molecule has 0 aliphatic heterocycles. The standard InChI is InChI=1S/C18H17N3O3/c1-2-24-18(23)15-11-21(17-14(15)9-6-10-19-17)12-16(22)20-13-7-4-3-5-8-13/h3-11H,2,12H2,1H3,(H,20,22). The van der Waals surface area contributed by atoms with Gasteiger partial charge in [0.15, 0.2) is 0 Å². The second kappa shape index (κ2) is 6.95. The highest BCUT2D eigenvalue weighted by Gasteiger charge is 2.18. The van der Waals surface area contributed by atoms with Gasteiger partial charge in [0.05, 0.1) is 12.2 Å². The number of esters is 1. The molecule has 0 spiro atoms. The molecule has 1 amide bonds. The highest BCUT2D eigenvalue weighted by molar-refractivity contribution is 6.04. The summed E-state index contributed by atoms with van der Waals surface area (Å²) in [5.74, 6) is -0.614. The predicted octanol–water partition coefficient (Wildman–Crippen LogP) is 2.85. The molecule has 3 aromatic rings. The van der Waals surface area contributed by atoms with Gasteiger partial charge in [0.1, 0.15) is 12.2 Å². The number of aromatic nitrogens is 2. The number of nitrogens with one attached hydrogen (secondary N) is 1. The first-order valence-electron chi connectivity index (χ1n) is 7.65. The van der Waals surface area contributed by atoms with Crippen molar-refractivity contribution in [3.8, 4) is 0 Å². The summed E-state index contributed by atoms with van der Waals surface area (Å²) in [6.07, 6.45) is 3.24. The van der Waals surface area contributed by atoms with Gasteiger partial charge in [-0.2, -0.15) is 0 Å². The first kappa shape index (κ1) is 15.7. The van der Waals surface area contributed by atoms with E-state index in [1.54, 1.807) is 36.0 Å². The van der Waals surface area contributed by atoms with Gasteiger partial charge in [-0.15, -0.1) is 0 Å². The van der Waals surface area contributed by atoms with Gasteiger partial charge in [0.25, 0.3) is 0 Å². The third-order valence-electron chi connectivity index (χ3n) is 3.50. The molecule has 6 heteroatoms. The number of hydrogen-bond donors (Lipinski definition) is 1. The molecule has 0 aliphatic carbocycles.